The maximum Gasteiger partial charge on any atom is 0.0292 e. The predicted octanol–water partition coefficient (Wildman–Crippen LogP) is 3.59. The van der Waals surface area contributed by atoms with E-state index in [0.717, 1.165) is 0 Å². The van der Waals surface area contributed by atoms with Crippen LogP contribution in [-0.4, -0.2) is 0 Å². The first-order valence-electron chi connectivity index (χ1n) is 4.64. The molecular weight excluding hydrogens is 321 g/mol. The Hall–Kier alpha value is -0.686. The summed E-state index contributed by atoms with van der Waals surface area (Å²) in [5.41, 5.74) is 0. The standard InChI is InChI=1S/4C3H4N.Ni.H4P2/c4*1-2-3-4;;1-2/h4*1-2H2;;1-2H2/q4*-1;;. The van der Waals surface area contributed by atoms with Crippen molar-refractivity contribution in [1.82, 2.24) is 0 Å². The van der Waals surface area contributed by atoms with Crippen molar-refractivity contribution in [3.05, 3.63) is 27.7 Å². The molecule has 112 valence electrons. The Kier molecular flexibility index (Phi) is 164. The third-order valence-corrected chi connectivity index (χ3v) is 0.447. The van der Waals surface area contributed by atoms with Crippen LogP contribution >= 0.6 is 17.9 Å². The Bertz CT molecular complexity index is 203. The maximum absolute atomic E-state index is 7.56. The average molecular weight is 341 g/mol. The van der Waals surface area contributed by atoms with Gasteiger partial charge in [-0.1, -0.05) is 25.7 Å². The van der Waals surface area contributed by atoms with Gasteiger partial charge in [0.15, 0.2) is 0 Å². The van der Waals surface area contributed by atoms with Crippen LogP contribution in [0.25, 0.3) is 0 Å². The van der Waals surface area contributed by atoms with E-state index >= 15 is 0 Å². The van der Waals surface area contributed by atoms with Crippen LogP contribution in [0.15, 0.2) is 0 Å². The third kappa shape index (κ3) is 370. The van der Waals surface area contributed by atoms with Gasteiger partial charge >= 0.3 is 0 Å². The molecule has 0 aromatic carbocycles. The molecule has 0 aromatic rings. The molecule has 0 aliphatic heterocycles. The molecule has 0 saturated heterocycles. The summed E-state index contributed by atoms with van der Waals surface area (Å²) in [6, 6.07) is 7.28. The van der Waals surface area contributed by atoms with Gasteiger partial charge in [-0.3, -0.25) is 0 Å². The number of hydrogen-bond acceptors (Lipinski definition) is 4. The summed E-state index contributed by atoms with van der Waals surface area (Å²) in [4.78, 5) is 0. The van der Waals surface area contributed by atoms with Crippen molar-refractivity contribution >= 4 is 17.9 Å². The predicted molar refractivity (Wildman–Crippen MR) is 81.8 cm³/mol. The Morgan fingerprint density at radius 1 is 0.579 bits per heavy atom. The summed E-state index contributed by atoms with van der Waals surface area (Å²) >= 11 is 0. The third-order valence-electron chi connectivity index (χ3n) is 0.447. The molecule has 19 heavy (non-hydrogen) atoms. The first-order chi connectivity index (χ1) is 8.66. The summed E-state index contributed by atoms with van der Waals surface area (Å²) in [7, 11) is 4.67. The minimum absolute atomic E-state index is 0. The molecule has 2 atom stereocenters. The fraction of sp³-hybridized carbons (Fsp3) is 0.333. The zero-order valence-electron chi connectivity index (χ0n) is 10.9. The van der Waals surface area contributed by atoms with Gasteiger partial charge in [0.2, 0.25) is 0 Å². The zero-order chi connectivity index (χ0) is 15.7. The quantitative estimate of drug-likeness (QED) is 0.382. The van der Waals surface area contributed by atoms with Crippen LogP contribution in [0.1, 0.15) is 25.7 Å². The van der Waals surface area contributed by atoms with Crippen molar-refractivity contribution in [3.63, 3.8) is 0 Å². The van der Waals surface area contributed by atoms with Gasteiger partial charge < -0.3 is 27.7 Å². The molecule has 2 unspecified atom stereocenters. The van der Waals surface area contributed by atoms with E-state index in [1.54, 1.807) is 0 Å². The van der Waals surface area contributed by atoms with Gasteiger partial charge in [0.25, 0.3) is 0 Å². The van der Waals surface area contributed by atoms with Crippen LogP contribution in [0.3, 0.4) is 0 Å². The summed E-state index contributed by atoms with van der Waals surface area (Å²) in [5, 5.41) is 30.2. The van der Waals surface area contributed by atoms with Crippen LogP contribution in [0.4, 0.5) is 0 Å². The Labute approximate surface area is 133 Å². The van der Waals surface area contributed by atoms with Gasteiger partial charge in [0.1, 0.15) is 0 Å². The molecule has 0 aromatic heterocycles. The number of rotatable bonds is 0. The minimum Gasteiger partial charge on any atom is -0.330 e. The van der Waals surface area contributed by atoms with Crippen LogP contribution in [0, 0.1) is 73.0 Å². The molecular formula is C12H20N4NiP2-4. The second-order valence-corrected chi connectivity index (χ2v) is 1.63. The monoisotopic (exact) mass is 340 g/mol. The second kappa shape index (κ2) is 86.1. The van der Waals surface area contributed by atoms with Gasteiger partial charge in [-0.05, 0) is 0 Å². The Morgan fingerprint density at radius 2 is 0.632 bits per heavy atom. The average Bonchev–Trinajstić information content (AvgIpc) is 2.49. The molecule has 0 N–H and O–H groups in total. The van der Waals surface area contributed by atoms with Crippen molar-refractivity contribution in [2.24, 2.45) is 0 Å². The topological polar surface area (TPSA) is 95.2 Å². The van der Waals surface area contributed by atoms with E-state index in [-0.39, 0.29) is 16.5 Å². The molecule has 0 radical (unpaired) electrons. The number of nitrogens with zero attached hydrogens (tertiary/aromatic N) is 4. The van der Waals surface area contributed by atoms with E-state index in [2.05, 4.69) is 45.6 Å². The van der Waals surface area contributed by atoms with Crippen molar-refractivity contribution in [3.8, 4) is 24.3 Å². The van der Waals surface area contributed by atoms with Crippen molar-refractivity contribution in [2.75, 3.05) is 0 Å². The molecule has 0 rings (SSSR count). The van der Waals surface area contributed by atoms with Crippen molar-refractivity contribution < 1.29 is 16.5 Å². The van der Waals surface area contributed by atoms with E-state index in [9.17, 15) is 0 Å². The van der Waals surface area contributed by atoms with Crippen molar-refractivity contribution in [2.45, 2.75) is 25.7 Å². The molecule has 0 bridgehead atoms. The number of nitriles is 4. The molecule has 0 aliphatic carbocycles. The molecule has 0 aliphatic rings. The summed E-state index contributed by atoms with van der Waals surface area (Å²) in [5.74, 6) is 0. The van der Waals surface area contributed by atoms with Crippen LogP contribution in [0.2, 0.25) is 0 Å². The van der Waals surface area contributed by atoms with Gasteiger partial charge in [-0.25, -0.2) is 21.0 Å². The van der Waals surface area contributed by atoms with Gasteiger partial charge in [0, 0.05) is 40.8 Å². The fourth-order valence-corrected chi connectivity index (χ4v) is 0. The first-order valence-corrected chi connectivity index (χ1v) is 7.31. The molecule has 0 spiro atoms. The molecule has 0 amide bonds. The normalized spacial score (nSPS) is 4.53. The summed E-state index contributed by atoms with van der Waals surface area (Å²) in [6.07, 6.45) is 1.50. The van der Waals surface area contributed by atoms with Gasteiger partial charge in [0.05, 0.1) is 0 Å². The Morgan fingerprint density at radius 3 is 0.632 bits per heavy atom. The van der Waals surface area contributed by atoms with E-state index in [0.29, 0.717) is 25.7 Å². The van der Waals surface area contributed by atoms with Crippen LogP contribution in [0.5, 0.6) is 0 Å². The second-order valence-electron chi connectivity index (χ2n) is 1.63. The van der Waals surface area contributed by atoms with E-state index in [1.165, 1.54) is 0 Å². The largest absolute Gasteiger partial charge is 0.330 e. The Balaban J connectivity index is -0.0000000279. The van der Waals surface area contributed by atoms with Crippen LogP contribution < -0.4 is 0 Å². The SMILES string of the molecule is PP.[CH2-]CC#N.[CH2-]CC#N.[CH2-]CC#N.[CH2-]CC#N.[Ni]. The first kappa shape index (κ1) is 36.2. The van der Waals surface area contributed by atoms with Gasteiger partial charge in [-0.2, -0.15) is 0 Å². The minimum atomic E-state index is 0. The van der Waals surface area contributed by atoms with Crippen LogP contribution in [-0.2, 0) is 16.5 Å². The maximum atomic E-state index is 7.56. The van der Waals surface area contributed by atoms with Crippen molar-refractivity contribution in [1.29, 1.82) is 21.0 Å². The molecule has 0 fully saturated rings. The zero-order valence-corrected chi connectivity index (χ0v) is 14.2. The molecule has 0 saturated carbocycles. The molecule has 7 heteroatoms. The van der Waals surface area contributed by atoms with Gasteiger partial charge in [-0.15, -0.1) is 17.9 Å². The summed E-state index contributed by atoms with van der Waals surface area (Å²) < 4.78 is 0. The van der Waals surface area contributed by atoms with E-state index in [1.807, 2.05) is 24.3 Å². The molecule has 0 heterocycles. The number of hydrogen-bond donors (Lipinski definition) is 0. The molecule has 4 nitrogen and oxygen atoms in total. The van der Waals surface area contributed by atoms with E-state index in [4.69, 9.17) is 21.0 Å². The fourth-order valence-electron chi connectivity index (χ4n) is 0. The smallest absolute Gasteiger partial charge is 0.0292 e. The van der Waals surface area contributed by atoms with E-state index < -0.39 is 0 Å². The summed E-state index contributed by atoms with van der Waals surface area (Å²) in [6.45, 7) is 13.0.